The molecule has 0 unspecified atom stereocenters. The first-order valence-corrected chi connectivity index (χ1v) is 6.33. The van der Waals surface area contributed by atoms with Crippen LogP contribution in [-0.2, 0) is 9.53 Å². The van der Waals surface area contributed by atoms with Gasteiger partial charge in [0.2, 0.25) is 0 Å². The number of aliphatic hydroxyl groups is 1. The number of amides is 1. The Balaban J connectivity index is 2.33. The number of benzene rings is 1. The number of hydrogen-bond acceptors (Lipinski definition) is 4. The Morgan fingerprint density at radius 2 is 2.32 bits per heavy atom. The molecule has 0 aliphatic rings. The van der Waals surface area contributed by atoms with Crippen molar-refractivity contribution in [2.45, 2.75) is 6.10 Å². The van der Waals surface area contributed by atoms with Crippen LogP contribution in [0.1, 0.15) is 0 Å². The molecule has 0 spiro atoms. The van der Waals surface area contributed by atoms with E-state index >= 15 is 0 Å². The maximum absolute atomic E-state index is 13.4. The SMILES string of the molecule is COC[C@@H](O)CNC(=O)COc1ccc(Br)cc1F. The molecule has 5 nitrogen and oxygen atoms in total. The number of aliphatic hydroxyl groups excluding tert-OH is 1. The summed E-state index contributed by atoms with van der Waals surface area (Å²) in [7, 11) is 1.45. The number of hydrogen-bond donors (Lipinski definition) is 2. The summed E-state index contributed by atoms with van der Waals surface area (Å²) in [6.45, 7) is -0.139. The highest BCUT2D eigenvalue weighted by Crippen LogP contribution is 2.21. The predicted molar refractivity (Wildman–Crippen MR) is 70.5 cm³/mol. The average molecular weight is 336 g/mol. The van der Waals surface area contributed by atoms with Gasteiger partial charge in [-0.2, -0.15) is 0 Å². The van der Waals surface area contributed by atoms with Gasteiger partial charge in [0.15, 0.2) is 18.2 Å². The molecule has 7 heteroatoms. The molecule has 0 saturated heterocycles. The number of carbonyl (C=O) groups is 1. The lowest BCUT2D eigenvalue weighted by atomic mass is 10.3. The van der Waals surface area contributed by atoms with Crippen molar-refractivity contribution in [1.82, 2.24) is 5.32 Å². The summed E-state index contributed by atoms with van der Waals surface area (Å²) in [5, 5.41) is 11.8. The fourth-order valence-corrected chi connectivity index (χ4v) is 1.60. The molecule has 0 aliphatic carbocycles. The lowest BCUT2D eigenvalue weighted by Gasteiger charge is -2.11. The quantitative estimate of drug-likeness (QED) is 0.782. The molecule has 0 fully saturated rings. The van der Waals surface area contributed by atoms with Gasteiger partial charge in [-0.15, -0.1) is 0 Å². The number of nitrogens with one attached hydrogen (secondary N) is 1. The van der Waals surface area contributed by atoms with Gasteiger partial charge in [0.1, 0.15) is 0 Å². The van der Waals surface area contributed by atoms with Crippen molar-refractivity contribution in [2.75, 3.05) is 26.9 Å². The molecule has 19 heavy (non-hydrogen) atoms. The van der Waals surface area contributed by atoms with Gasteiger partial charge in [-0.05, 0) is 18.2 Å². The molecule has 1 aromatic rings. The smallest absolute Gasteiger partial charge is 0.258 e. The van der Waals surface area contributed by atoms with E-state index in [1.54, 1.807) is 6.07 Å². The maximum Gasteiger partial charge on any atom is 0.258 e. The van der Waals surface area contributed by atoms with Gasteiger partial charge in [0.05, 0.1) is 12.7 Å². The first-order chi connectivity index (χ1) is 9.02. The Morgan fingerprint density at radius 1 is 1.58 bits per heavy atom. The molecule has 0 aromatic heterocycles. The lowest BCUT2D eigenvalue weighted by molar-refractivity contribution is -0.123. The van der Waals surface area contributed by atoms with Gasteiger partial charge in [0.25, 0.3) is 5.91 Å². The molecule has 0 aliphatic heterocycles. The van der Waals surface area contributed by atoms with Crippen LogP contribution in [0.5, 0.6) is 5.75 Å². The first-order valence-electron chi connectivity index (χ1n) is 5.54. The second kappa shape index (κ2) is 8.08. The minimum absolute atomic E-state index is 0.00390. The van der Waals surface area contributed by atoms with Crippen LogP contribution in [-0.4, -0.2) is 44.0 Å². The van der Waals surface area contributed by atoms with Crippen molar-refractivity contribution in [3.63, 3.8) is 0 Å². The Kier molecular flexibility index (Phi) is 6.75. The van der Waals surface area contributed by atoms with Crippen LogP contribution >= 0.6 is 15.9 Å². The summed E-state index contributed by atoms with van der Waals surface area (Å²) < 4.78 is 23.7. The highest BCUT2D eigenvalue weighted by Gasteiger charge is 2.09. The van der Waals surface area contributed by atoms with E-state index in [9.17, 15) is 14.3 Å². The highest BCUT2D eigenvalue weighted by molar-refractivity contribution is 9.10. The van der Waals surface area contributed by atoms with Crippen LogP contribution in [0.3, 0.4) is 0 Å². The molecule has 0 saturated carbocycles. The fraction of sp³-hybridized carbons (Fsp3) is 0.417. The molecule has 0 bridgehead atoms. The number of rotatable bonds is 7. The van der Waals surface area contributed by atoms with Crippen LogP contribution in [0.15, 0.2) is 22.7 Å². The standard InChI is InChI=1S/C12H15BrFNO4/c1-18-6-9(16)5-15-12(17)7-19-11-3-2-8(13)4-10(11)14/h2-4,9,16H,5-7H2,1H3,(H,15,17)/t9-/m0/s1. The largest absolute Gasteiger partial charge is 0.481 e. The van der Waals surface area contributed by atoms with Crippen molar-refractivity contribution < 1.29 is 23.8 Å². The van der Waals surface area contributed by atoms with Crippen molar-refractivity contribution in [2.24, 2.45) is 0 Å². The molecule has 1 amide bonds. The van der Waals surface area contributed by atoms with Crippen LogP contribution in [0.2, 0.25) is 0 Å². The number of halogens is 2. The fourth-order valence-electron chi connectivity index (χ4n) is 1.27. The third-order valence-corrected chi connectivity index (χ3v) is 2.64. The molecular weight excluding hydrogens is 321 g/mol. The van der Waals surface area contributed by atoms with Crippen LogP contribution in [0.4, 0.5) is 4.39 Å². The molecule has 1 rings (SSSR count). The minimum atomic E-state index is -0.779. The summed E-state index contributed by atoms with van der Waals surface area (Å²) in [6.07, 6.45) is -0.779. The zero-order valence-electron chi connectivity index (χ0n) is 10.4. The number of carbonyl (C=O) groups excluding carboxylic acids is 1. The molecule has 1 atom stereocenters. The van der Waals surface area contributed by atoms with E-state index in [1.807, 2.05) is 0 Å². The van der Waals surface area contributed by atoms with Crippen LogP contribution in [0, 0.1) is 5.82 Å². The topological polar surface area (TPSA) is 67.8 Å². The summed E-state index contributed by atoms with van der Waals surface area (Å²) in [5.41, 5.74) is 0. The zero-order valence-corrected chi connectivity index (χ0v) is 11.9. The van der Waals surface area contributed by atoms with E-state index in [4.69, 9.17) is 9.47 Å². The predicted octanol–water partition coefficient (Wildman–Crippen LogP) is 1.09. The van der Waals surface area contributed by atoms with E-state index in [0.717, 1.165) is 0 Å². The summed E-state index contributed by atoms with van der Waals surface area (Å²) >= 11 is 3.12. The third kappa shape index (κ3) is 6.00. The van der Waals surface area contributed by atoms with E-state index in [1.165, 1.54) is 19.2 Å². The number of methoxy groups -OCH3 is 1. The zero-order chi connectivity index (χ0) is 14.3. The van der Waals surface area contributed by atoms with Crippen LogP contribution in [0.25, 0.3) is 0 Å². The summed E-state index contributed by atoms with van der Waals surface area (Å²) in [5.74, 6) is -1.00. The Morgan fingerprint density at radius 3 is 2.95 bits per heavy atom. The highest BCUT2D eigenvalue weighted by atomic mass is 79.9. The maximum atomic E-state index is 13.4. The van der Waals surface area contributed by atoms with Gasteiger partial charge in [-0.1, -0.05) is 15.9 Å². The van der Waals surface area contributed by atoms with Crippen molar-refractivity contribution in [3.8, 4) is 5.75 Å². The minimum Gasteiger partial charge on any atom is -0.481 e. The second-order valence-corrected chi connectivity index (χ2v) is 4.69. The van der Waals surface area contributed by atoms with E-state index in [2.05, 4.69) is 21.2 Å². The Labute approximate surface area is 118 Å². The molecule has 2 N–H and O–H groups in total. The number of ether oxygens (including phenoxy) is 2. The molecular formula is C12H15BrFNO4. The molecule has 0 heterocycles. The Hall–Kier alpha value is -1.18. The molecule has 0 radical (unpaired) electrons. The van der Waals surface area contributed by atoms with Crippen molar-refractivity contribution in [3.05, 3.63) is 28.5 Å². The van der Waals surface area contributed by atoms with Crippen LogP contribution < -0.4 is 10.1 Å². The van der Waals surface area contributed by atoms with Crippen molar-refractivity contribution >= 4 is 21.8 Å². The average Bonchev–Trinajstić information content (AvgIpc) is 2.35. The Bertz CT molecular complexity index is 430. The van der Waals surface area contributed by atoms with Gasteiger partial charge >= 0.3 is 0 Å². The van der Waals surface area contributed by atoms with Gasteiger partial charge < -0.3 is 19.9 Å². The van der Waals surface area contributed by atoms with Crippen molar-refractivity contribution in [1.29, 1.82) is 0 Å². The summed E-state index contributed by atoms with van der Waals surface area (Å²) in [4.78, 5) is 11.4. The molecule has 1 aromatic carbocycles. The summed E-state index contributed by atoms with van der Waals surface area (Å²) in [6, 6.07) is 4.28. The molecule has 106 valence electrons. The van der Waals surface area contributed by atoms with E-state index in [-0.39, 0.29) is 25.5 Å². The van der Waals surface area contributed by atoms with Gasteiger partial charge in [-0.3, -0.25) is 4.79 Å². The van der Waals surface area contributed by atoms with E-state index in [0.29, 0.717) is 4.47 Å². The van der Waals surface area contributed by atoms with Gasteiger partial charge in [-0.25, -0.2) is 4.39 Å². The lowest BCUT2D eigenvalue weighted by Crippen LogP contribution is -2.37. The monoisotopic (exact) mass is 335 g/mol. The first kappa shape index (κ1) is 15.9. The van der Waals surface area contributed by atoms with Gasteiger partial charge in [0, 0.05) is 18.1 Å². The van der Waals surface area contributed by atoms with E-state index < -0.39 is 17.8 Å². The normalized spacial score (nSPS) is 12.0. The second-order valence-electron chi connectivity index (χ2n) is 3.78. The third-order valence-electron chi connectivity index (χ3n) is 2.15.